The maximum Gasteiger partial charge on any atom is 0.335 e. The summed E-state index contributed by atoms with van der Waals surface area (Å²) in [6, 6.07) is 9.30. The second-order valence-corrected chi connectivity index (χ2v) is 6.79. The fourth-order valence-corrected chi connectivity index (χ4v) is 4.56. The number of hydrogen-bond acceptors (Lipinski definition) is 4. The molecule has 6 heteroatoms. The van der Waals surface area contributed by atoms with Crippen LogP contribution < -0.4 is 0 Å². The van der Waals surface area contributed by atoms with Crippen LogP contribution in [0.5, 0.6) is 0 Å². The highest BCUT2D eigenvalue weighted by atomic mass is 32.1. The van der Waals surface area contributed by atoms with Gasteiger partial charge in [-0.1, -0.05) is 0 Å². The highest BCUT2D eigenvalue weighted by Gasteiger charge is 2.14. The van der Waals surface area contributed by atoms with Crippen LogP contribution in [0, 0.1) is 0 Å². The summed E-state index contributed by atoms with van der Waals surface area (Å²) in [6.45, 7) is 0. The highest BCUT2D eigenvalue weighted by Crippen LogP contribution is 2.36. The summed E-state index contributed by atoms with van der Waals surface area (Å²) in [5.41, 5.74) is 1.91. The van der Waals surface area contributed by atoms with Crippen molar-refractivity contribution in [3.05, 3.63) is 41.3 Å². The molecule has 104 valence electrons. The van der Waals surface area contributed by atoms with Gasteiger partial charge in [0.2, 0.25) is 0 Å². The number of aromatic carboxylic acids is 1. The molecule has 4 rings (SSSR count). The Hall–Kier alpha value is -2.18. The van der Waals surface area contributed by atoms with E-state index in [1.54, 1.807) is 34.8 Å². The van der Waals surface area contributed by atoms with Gasteiger partial charge in [0.15, 0.2) is 5.82 Å². The van der Waals surface area contributed by atoms with Crippen molar-refractivity contribution < 1.29 is 9.90 Å². The van der Waals surface area contributed by atoms with E-state index in [2.05, 4.69) is 22.5 Å². The van der Waals surface area contributed by atoms with Gasteiger partial charge in [-0.2, -0.15) is 0 Å². The number of imidazole rings is 1. The molecule has 3 aromatic heterocycles. The molecule has 0 aliphatic carbocycles. The zero-order chi connectivity index (χ0) is 14.6. The molecule has 1 N–H and O–H groups in total. The summed E-state index contributed by atoms with van der Waals surface area (Å²) in [5.74, 6) is -0.0540. The summed E-state index contributed by atoms with van der Waals surface area (Å²) >= 11 is 3.43. The lowest BCUT2D eigenvalue weighted by molar-refractivity contribution is 0.0697. The van der Waals surface area contributed by atoms with Gasteiger partial charge in [-0.05, 0) is 35.7 Å². The van der Waals surface area contributed by atoms with Gasteiger partial charge >= 0.3 is 5.97 Å². The molecule has 3 heterocycles. The molecule has 0 aliphatic heterocycles. The third kappa shape index (κ3) is 1.87. The Morgan fingerprint density at radius 3 is 2.86 bits per heavy atom. The monoisotopic (exact) mass is 314 g/mol. The minimum Gasteiger partial charge on any atom is -0.478 e. The Morgan fingerprint density at radius 1 is 1.24 bits per heavy atom. The van der Waals surface area contributed by atoms with Crippen LogP contribution in [0.1, 0.15) is 10.4 Å². The van der Waals surface area contributed by atoms with Gasteiger partial charge in [-0.3, -0.25) is 0 Å². The van der Waals surface area contributed by atoms with Crippen molar-refractivity contribution >= 4 is 49.1 Å². The van der Waals surface area contributed by atoms with Gasteiger partial charge in [0.25, 0.3) is 0 Å². The molecule has 0 saturated carbocycles. The molecule has 0 spiro atoms. The van der Waals surface area contributed by atoms with Gasteiger partial charge in [-0.15, -0.1) is 22.7 Å². The number of carbonyl (C=O) groups is 1. The second kappa shape index (κ2) is 4.41. The lowest BCUT2D eigenvalue weighted by atomic mass is 10.2. The fraction of sp³-hybridized carbons (Fsp3) is 0.0667. The van der Waals surface area contributed by atoms with Crippen LogP contribution in [0.2, 0.25) is 0 Å². The zero-order valence-corrected chi connectivity index (χ0v) is 12.7. The number of fused-ring (bicyclic) bond motifs is 2. The van der Waals surface area contributed by atoms with Crippen LogP contribution in [0.25, 0.3) is 31.1 Å². The molecule has 0 radical (unpaired) electrons. The number of hydrogen-bond donors (Lipinski definition) is 1. The zero-order valence-electron chi connectivity index (χ0n) is 11.0. The molecule has 0 saturated heterocycles. The Morgan fingerprint density at radius 2 is 2.10 bits per heavy atom. The van der Waals surface area contributed by atoms with Crippen LogP contribution in [-0.4, -0.2) is 20.6 Å². The van der Waals surface area contributed by atoms with E-state index in [0.717, 1.165) is 16.2 Å². The molecule has 0 bridgehead atoms. The van der Waals surface area contributed by atoms with E-state index in [4.69, 9.17) is 5.11 Å². The minimum absolute atomic E-state index is 0.263. The molecule has 1 aromatic carbocycles. The van der Waals surface area contributed by atoms with Gasteiger partial charge in [0.1, 0.15) is 0 Å². The number of thiophene rings is 2. The Bertz CT molecular complexity index is 965. The standard InChI is InChI=1S/C15H10N2O2S2/c1-17-10-3-2-8(15(18)19)6-9(10)16-14(17)13-7-12-11(21-13)4-5-20-12/h2-7H,1H3,(H,18,19). The molecule has 4 aromatic rings. The molecule has 0 fully saturated rings. The van der Waals surface area contributed by atoms with E-state index in [9.17, 15) is 4.79 Å². The SMILES string of the molecule is Cn1c(-c2cc3sccc3s2)nc2cc(C(=O)O)ccc21. The van der Waals surface area contributed by atoms with E-state index in [0.29, 0.717) is 5.52 Å². The Kier molecular flexibility index (Phi) is 2.63. The topological polar surface area (TPSA) is 55.1 Å². The van der Waals surface area contributed by atoms with Gasteiger partial charge < -0.3 is 9.67 Å². The van der Waals surface area contributed by atoms with Crippen molar-refractivity contribution in [1.82, 2.24) is 9.55 Å². The number of nitrogens with zero attached hydrogens (tertiary/aromatic N) is 2. The van der Waals surface area contributed by atoms with Gasteiger partial charge in [0, 0.05) is 16.4 Å². The van der Waals surface area contributed by atoms with Crippen molar-refractivity contribution in [1.29, 1.82) is 0 Å². The van der Waals surface area contributed by atoms with E-state index in [-0.39, 0.29) is 5.56 Å². The predicted octanol–water partition coefficient (Wildman–Crippen LogP) is 4.21. The third-order valence-corrected chi connectivity index (χ3v) is 5.58. The van der Waals surface area contributed by atoms with Crippen LogP contribution >= 0.6 is 22.7 Å². The lowest BCUT2D eigenvalue weighted by Gasteiger charge is -1.99. The molecular weight excluding hydrogens is 304 g/mol. The summed E-state index contributed by atoms with van der Waals surface area (Å²) in [4.78, 5) is 16.8. The number of rotatable bonds is 2. The quantitative estimate of drug-likeness (QED) is 0.603. The number of aryl methyl sites for hydroxylation is 1. The van der Waals surface area contributed by atoms with Crippen LogP contribution in [0.4, 0.5) is 0 Å². The van der Waals surface area contributed by atoms with E-state index >= 15 is 0 Å². The first kappa shape index (κ1) is 12.6. The number of aromatic nitrogens is 2. The average molecular weight is 314 g/mol. The number of benzene rings is 1. The van der Waals surface area contributed by atoms with Crippen molar-refractivity contribution in [2.75, 3.05) is 0 Å². The summed E-state index contributed by atoms with van der Waals surface area (Å²) in [6.07, 6.45) is 0. The van der Waals surface area contributed by atoms with Crippen LogP contribution in [-0.2, 0) is 7.05 Å². The molecule has 0 unspecified atom stereocenters. The summed E-state index contributed by atoms with van der Waals surface area (Å²) < 4.78 is 4.53. The van der Waals surface area contributed by atoms with E-state index in [1.165, 1.54) is 9.40 Å². The maximum absolute atomic E-state index is 11.1. The normalized spacial score (nSPS) is 11.5. The number of carboxylic acid groups (broad SMARTS) is 1. The smallest absolute Gasteiger partial charge is 0.335 e. The average Bonchev–Trinajstić information content (AvgIpc) is 3.11. The van der Waals surface area contributed by atoms with Gasteiger partial charge in [0.05, 0.1) is 21.5 Å². The third-order valence-electron chi connectivity index (χ3n) is 3.49. The first-order chi connectivity index (χ1) is 10.1. The van der Waals surface area contributed by atoms with Crippen molar-refractivity contribution in [3.63, 3.8) is 0 Å². The van der Waals surface area contributed by atoms with E-state index < -0.39 is 5.97 Å². The fourth-order valence-electron chi connectivity index (χ4n) is 2.43. The molecule has 0 aliphatic rings. The number of carboxylic acids is 1. The van der Waals surface area contributed by atoms with Gasteiger partial charge in [-0.25, -0.2) is 9.78 Å². The maximum atomic E-state index is 11.1. The van der Waals surface area contributed by atoms with Crippen LogP contribution in [0.3, 0.4) is 0 Å². The first-order valence-electron chi connectivity index (χ1n) is 6.30. The summed E-state index contributed by atoms with van der Waals surface area (Å²) in [5, 5.41) is 11.2. The van der Waals surface area contributed by atoms with Crippen molar-refractivity contribution in [2.24, 2.45) is 7.05 Å². The molecule has 21 heavy (non-hydrogen) atoms. The van der Waals surface area contributed by atoms with E-state index in [1.807, 2.05) is 17.7 Å². The predicted molar refractivity (Wildman–Crippen MR) is 86.4 cm³/mol. The molecular formula is C15H10N2O2S2. The Balaban J connectivity index is 1.94. The first-order valence-corrected chi connectivity index (χ1v) is 8.00. The van der Waals surface area contributed by atoms with Crippen molar-refractivity contribution in [3.8, 4) is 10.7 Å². The lowest BCUT2D eigenvalue weighted by Crippen LogP contribution is -1.95. The van der Waals surface area contributed by atoms with Crippen molar-refractivity contribution in [2.45, 2.75) is 0 Å². The minimum atomic E-state index is -0.930. The molecule has 4 nitrogen and oxygen atoms in total. The highest BCUT2D eigenvalue weighted by molar-refractivity contribution is 7.28. The van der Waals surface area contributed by atoms with Crippen LogP contribution in [0.15, 0.2) is 35.7 Å². The molecule has 0 atom stereocenters. The molecule has 0 amide bonds. The summed E-state index contributed by atoms with van der Waals surface area (Å²) in [7, 11) is 1.96. The Labute approximate surface area is 127 Å². The second-order valence-electron chi connectivity index (χ2n) is 4.76. The largest absolute Gasteiger partial charge is 0.478 e.